The van der Waals surface area contributed by atoms with E-state index in [1.54, 1.807) is 6.33 Å². The zero-order valence-corrected chi connectivity index (χ0v) is 8.43. The van der Waals surface area contributed by atoms with Gasteiger partial charge in [0.25, 0.3) is 0 Å². The number of likely N-dealkylation sites (tertiary alicyclic amines) is 1. The summed E-state index contributed by atoms with van der Waals surface area (Å²) in [6, 6.07) is 0. The molecular weight excluding hydrogens is 180 g/mol. The summed E-state index contributed by atoms with van der Waals surface area (Å²) < 4.78 is 1.94. The van der Waals surface area contributed by atoms with Crippen LogP contribution in [-0.2, 0) is 13.1 Å². The summed E-state index contributed by atoms with van der Waals surface area (Å²) in [5.74, 6) is 0.999. The summed E-state index contributed by atoms with van der Waals surface area (Å²) in [5.41, 5.74) is 0. The second kappa shape index (κ2) is 4.06. The summed E-state index contributed by atoms with van der Waals surface area (Å²) in [7, 11) is 0. The molecule has 2 rings (SSSR count). The van der Waals surface area contributed by atoms with Crippen molar-refractivity contribution in [3.63, 3.8) is 0 Å². The Morgan fingerprint density at radius 1 is 1.57 bits per heavy atom. The lowest BCUT2D eigenvalue weighted by Crippen LogP contribution is -2.50. The van der Waals surface area contributed by atoms with Crippen molar-refractivity contribution >= 4 is 0 Å². The number of aromatic nitrogens is 3. The fourth-order valence-electron chi connectivity index (χ4n) is 1.68. The summed E-state index contributed by atoms with van der Waals surface area (Å²) in [6.07, 6.45) is 2.53. The SMILES string of the molecule is CCCn1ncnc1CN1CC(O)C1. The second-order valence-corrected chi connectivity index (χ2v) is 3.75. The minimum absolute atomic E-state index is 0.141. The van der Waals surface area contributed by atoms with Gasteiger partial charge in [-0.2, -0.15) is 5.10 Å². The van der Waals surface area contributed by atoms with Gasteiger partial charge in [0.2, 0.25) is 0 Å². The van der Waals surface area contributed by atoms with E-state index in [9.17, 15) is 0 Å². The van der Waals surface area contributed by atoms with E-state index in [1.807, 2.05) is 4.68 Å². The van der Waals surface area contributed by atoms with E-state index in [2.05, 4.69) is 21.9 Å². The van der Waals surface area contributed by atoms with Crippen molar-refractivity contribution in [2.24, 2.45) is 0 Å². The van der Waals surface area contributed by atoms with Crippen molar-refractivity contribution in [1.82, 2.24) is 19.7 Å². The van der Waals surface area contributed by atoms with Crippen LogP contribution >= 0.6 is 0 Å². The van der Waals surface area contributed by atoms with Crippen molar-refractivity contribution in [2.75, 3.05) is 13.1 Å². The molecule has 14 heavy (non-hydrogen) atoms. The first kappa shape index (κ1) is 9.61. The fraction of sp³-hybridized carbons (Fsp3) is 0.778. The predicted molar refractivity (Wildman–Crippen MR) is 51.6 cm³/mol. The van der Waals surface area contributed by atoms with Gasteiger partial charge in [-0.1, -0.05) is 6.92 Å². The Hall–Kier alpha value is -0.940. The molecule has 0 atom stereocenters. The van der Waals surface area contributed by atoms with Gasteiger partial charge in [0.15, 0.2) is 0 Å². The third-order valence-electron chi connectivity index (χ3n) is 2.43. The molecule has 1 aliphatic rings. The van der Waals surface area contributed by atoms with Crippen LogP contribution in [0.15, 0.2) is 6.33 Å². The molecule has 1 N–H and O–H groups in total. The maximum Gasteiger partial charge on any atom is 0.141 e. The van der Waals surface area contributed by atoms with E-state index < -0.39 is 0 Å². The second-order valence-electron chi connectivity index (χ2n) is 3.75. The van der Waals surface area contributed by atoms with Crippen molar-refractivity contribution in [2.45, 2.75) is 32.5 Å². The van der Waals surface area contributed by atoms with Gasteiger partial charge in [0.05, 0.1) is 12.6 Å². The van der Waals surface area contributed by atoms with Crippen LogP contribution in [0.25, 0.3) is 0 Å². The molecule has 1 aliphatic heterocycles. The Morgan fingerprint density at radius 3 is 3.00 bits per heavy atom. The van der Waals surface area contributed by atoms with Crippen LogP contribution in [0.1, 0.15) is 19.2 Å². The van der Waals surface area contributed by atoms with Gasteiger partial charge < -0.3 is 5.11 Å². The molecule has 1 fully saturated rings. The fourth-order valence-corrected chi connectivity index (χ4v) is 1.68. The summed E-state index contributed by atoms with van der Waals surface area (Å²) >= 11 is 0. The highest BCUT2D eigenvalue weighted by Crippen LogP contribution is 2.11. The van der Waals surface area contributed by atoms with Crippen LogP contribution in [0.3, 0.4) is 0 Å². The van der Waals surface area contributed by atoms with Crippen LogP contribution in [0.4, 0.5) is 0 Å². The Kier molecular flexibility index (Phi) is 2.79. The first-order valence-electron chi connectivity index (χ1n) is 5.06. The lowest BCUT2D eigenvalue weighted by Gasteiger charge is -2.35. The number of hydrogen-bond donors (Lipinski definition) is 1. The number of aliphatic hydroxyl groups excluding tert-OH is 1. The zero-order valence-electron chi connectivity index (χ0n) is 8.43. The molecule has 0 amide bonds. The van der Waals surface area contributed by atoms with E-state index in [1.165, 1.54) is 0 Å². The minimum atomic E-state index is -0.141. The predicted octanol–water partition coefficient (Wildman–Crippen LogP) is -0.135. The van der Waals surface area contributed by atoms with Crippen molar-refractivity contribution in [3.8, 4) is 0 Å². The number of rotatable bonds is 4. The quantitative estimate of drug-likeness (QED) is 0.728. The summed E-state index contributed by atoms with van der Waals surface area (Å²) in [4.78, 5) is 6.38. The van der Waals surface area contributed by atoms with E-state index in [4.69, 9.17) is 5.11 Å². The van der Waals surface area contributed by atoms with Gasteiger partial charge in [0.1, 0.15) is 12.2 Å². The molecule has 0 saturated carbocycles. The van der Waals surface area contributed by atoms with Gasteiger partial charge in [-0.05, 0) is 6.42 Å². The average Bonchev–Trinajstić information content (AvgIpc) is 2.51. The highest BCUT2D eigenvalue weighted by atomic mass is 16.3. The Balaban J connectivity index is 1.91. The number of aliphatic hydroxyl groups is 1. The van der Waals surface area contributed by atoms with E-state index in [-0.39, 0.29) is 6.10 Å². The summed E-state index contributed by atoms with van der Waals surface area (Å²) in [5, 5.41) is 13.3. The lowest BCUT2D eigenvalue weighted by molar-refractivity contribution is -0.00502. The minimum Gasteiger partial charge on any atom is -0.390 e. The molecule has 1 aromatic rings. The molecule has 0 unspecified atom stereocenters. The zero-order chi connectivity index (χ0) is 9.97. The van der Waals surface area contributed by atoms with Crippen LogP contribution in [-0.4, -0.2) is 44.0 Å². The molecule has 1 saturated heterocycles. The van der Waals surface area contributed by atoms with E-state index >= 15 is 0 Å². The Morgan fingerprint density at radius 2 is 2.36 bits per heavy atom. The molecule has 0 aliphatic carbocycles. The molecule has 5 nitrogen and oxygen atoms in total. The van der Waals surface area contributed by atoms with E-state index in [0.29, 0.717) is 0 Å². The number of nitrogens with zero attached hydrogens (tertiary/aromatic N) is 4. The van der Waals surface area contributed by atoms with Gasteiger partial charge >= 0.3 is 0 Å². The smallest absolute Gasteiger partial charge is 0.141 e. The number of aryl methyl sites for hydroxylation is 1. The molecule has 2 heterocycles. The van der Waals surface area contributed by atoms with Crippen molar-refractivity contribution in [1.29, 1.82) is 0 Å². The Labute approximate surface area is 83.4 Å². The van der Waals surface area contributed by atoms with Crippen LogP contribution in [0.5, 0.6) is 0 Å². The number of hydrogen-bond acceptors (Lipinski definition) is 4. The largest absolute Gasteiger partial charge is 0.390 e. The third-order valence-corrected chi connectivity index (χ3v) is 2.43. The number of β-amino-alcohol motifs (C(OH)–C–C–N with tert-alkyl or cyclic N) is 1. The lowest BCUT2D eigenvalue weighted by atomic mass is 10.2. The van der Waals surface area contributed by atoms with Gasteiger partial charge in [-0.15, -0.1) is 0 Å². The van der Waals surface area contributed by atoms with E-state index in [0.717, 1.165) is 38.4 Å². The molecule has 1 aromatic heterocycles. The molecule has 0 spiro atoms. The molecule has 0 aromatic carbocycles. The van der Waals surface area contributed by atoms with Crippen LogP contribution in [0, 0.1) is 0 Å². The van der Waals surface area contributed by atoms with Crippen LogP contribution < -0.4 is 0 Å². The Bertz CT molecular complexity index is 293. The maximum absolute atomic E-state index is 9.14. The standard InChI is InChI=1S/C9H16N4O/c1-2-3-13-9(10-7-11-13)6-12-4-8(14)5-12/h7-8,14H,2-6H2,1H3. The van der Waals surface area contributed by atoms with Crippen LogP contribution in [0.2, 0.25) is 0 Å². The molecule has 78 valence electrons. The third kappa shape index (κ3) is 1.93. The normalized spacial score (nSPS) is 18.4. The average molecular weight is 196 g/mol. The molecule has 0 bridgehead atoms. The monoisotopic (exact) mass is 196 g/mol. The van der Waals surface area contributed by atoms with Gasteiger partial charge in [0, 0.05) is 19.6 Å². The summed E-state index contributed by atoms with van der Waals surface area (Å²) in [6.45, 7) is 5.37. The molecular formula is C9H16N4O. The topological polar surface area (TPSA) is 54.2 Å². The van der Waals surface area contributed by atoms with Crippen molar-refractivity contribution < 1.29 is 5.11 Å². The molecule has 5 heteroatoms. The maximum atomic E-state index is 9.14. The van der Waals surface area contributed by atoms with Gasteiger partial charge in [-0.3, -0.25) is 4.90 Å². The van der Waals surface area contributed by atoms with Crippen molar-refractivity contribution in [3.05, 3.63) is 12.2 Å². The first-order valence-corrected chi connectivity index (χ1v) is 5.06. The first-order chi connectivity index (χ1) is 6.79. The molecule has 0 radical (unpaired) electrons. The highest BCUT2D eigenvalue weighted by molar-refractivity contribution is 4.89. The van der Waals surface area contributed by atoms with Gasteiger partial charge in [-0.25, -0.2) is 9.67 Å². The highest BCUT2D eigenvalue weighted by Gasteiger charge is 2.25.